The lowest BCUT2D eigenvalue weighted by Gasteiger charge is -2.16. The molecule has 0 atom stereocenters. The average Bonchev–Trinajstić information content (AvgIpc) is 2.31. The van der Waals surface area contributed by atoms with E-state index in [0.717, 1.165) is 4.31 Å². The fourth-order valence-corrected chi connectivity index (χ4v) is 2.76. The predicted octanol–water partition coefficient (Wildman–Crippen LogP) is 1.10. The first-order valence-corrected chi connectivity index (χ1v) is 7.14. The number of carboxylic acids is 1. The van der Waals surface area contributed by atoms with Crippen molar-refractivity contribution in [2.45, 2.75) is 18.7 Å². The number of benzene rings is 1. The standard InChI is InChI=1S/C12H17NO5S/c1-4-18-11-6-5-10(7-9(11)2)19(16,17)13(3)8-12(14)15/h5-7H,4,8H2,1-3H3,(H,14,15). The fourth-order valence-electron chi connectivity index (χ4n) is 1.56. The molecule has 0 aliphatic rings. The minimum Gasteiger partial charge on any atom is -0.494 e. The van der Waals surface area contributed by atoms with Crippen LogP contribution < -0.4 is 4.74 Å². The lowest BCUT2D eigenvalue weighted by Crippen LogP contribution is -2.32. The van der Waals surface area contributed by atoms with E-state index in [4.69, 9.17) is 9.84 Å². The van der Waals surface area contributed by atoms with E-state index < -0.39 is 22.5 Å². The maximum atomic E-state index is 12.1. The van der Waals surface area contributed by atoms with E-state index in [2.05, 4.69) is 0 Å². The largest absolute Gasteiger partial charge is 0.494 e. The summed E-state index contributed by atoms with van der Waals surface area (Å²) in [5, 5.41) is 8.64. The number of carboxylic acid groups (broad SMARTS) is 1. The number of nitrogens with zero attached hydrogens (tertiary/aromatic N) is 1. The van der Waals surface area contributed by atoms with Crippen molar-refractivity contribution in [2.24, 2.45) is 0 Å². The summed E-state index contributed by atoms with van der Waals surface area (Å²) in [7, 11) is -2.56. The van der Waals surface area contributed by atoms with Crippen LogP contribution in [0.1, 0.15) is 12.5 Å². The molecule has 106 valence electrons. The summed E-state index contributed by atoms with van der Waals surface area (Å²) in [6.07, 6.45) is 0. The molecule has 0 radical (unpaired) electrons. The van der Waals surface area contributed by atoms with Gasteiger partial charge in [-0.3, -0.25) is 4.79 Å². The van der Waals surface area contributed by atoms with Crippen LogP contribution in [0.15, 0.2) is 23.1 Å². The second-order valence-electron chi connectivity index (χ2n) is 4.02. The summed E-state index contributed by atoms with van der Waals surface area (Å²) in [5.41, 5.74) is 0.687. The van der Waals surface area contributed by atoms with Gasteiger partial charge in [0.2, 0.25) is 10.0 Å². The molecule has 0 bridgehead atoms. The van der Waals surface area contributed by atoms with Crippen molar-refractivity contribution in [3.05, 3.63) is 23.8 Å². The van der Waals surface area contributed by atoms with Gasteiger partial charge in [0.05, 0.1) is 11.5 Å². The van der Waals surface area contributed by atoms with Gasteiger partial charge in [-0.05, 0) is 37.6 Å². The molecule has 0 aliphatic heterocycles. The third kappa shape index (κ3) is 3.68. The summed E-state index contributed by atoms with van der Waals surface area (Å²) in [6, 6.07) is 4.45. The van der Waals surface area contributed by atoms with Crippen molar-refractivity contribution < 1.29 is 23.1 Å². The number of aliphatic carboxylic acids is 1. The van der Waals surface area contributed by atoms with Crippen molar-refractivity contribution in [1.82, 2.24) is 4.31 Å². The molecular formula is C12H17NO5S. The van der Waals surface area contributed by atoms with Crippen LogP contribution in [0.25, 0.3) is 0 Å². The van der Waals surface area contributed by atoms with Crippen LogP contribution in [-0.4, -0.2) is 44.0 Å². The quantitative estimate of drug-likeness (QED) is 0.847. The number of hydrogen-bond acceptors (Lipinski definition) is 4. The van der Waals surface area contributed by atoms with Crippen LogP contribution in [-0.2, 0) is 14.8 Å². The highest BCUT2D eigenvalue weighted by molar-refractivity contribution is 7.89. The van der Waals surface area contributed by atoms with Crippen LogP contribution >= 0.6 is 0 Å². The highest BCUT2D eigenvalue weighted by atomic mass is 32.2. The molecule has 0 heterocycles. The summed E-state index contributed by atoms with van der Waals surface area (Å²) >= 11 is 0. The van der Waals surface area contributed by atoms with Crippen molar-refractivity contribution in [2.75, 3.05) is 20.2 Å². The first-order chi connectivity index (χ1) is 8.78. The van der Waals surface area contributed by atoms with Gasteiger partial charge in [0.15, 0.2) is 0 Å². The zero-order valence-corrected chi connectivity index (χ0v) is 11.9. The molecule has 0 aromatic heterocycles. The van der Waals surface area contributed by atoms with Crippen molar-refractivity contribution >= 4 is 16.0 Å². The number of aryl methyl sites for hydroxylation is 1. The Hall–Kier alpha value is -1.60. The Balaban J connectivity index is 3.09. The van der Waals surface area contributed by atoms with E-state index in [1.54, 1.807) is 13.0 Å². The highest BCUT2D eigenvalue weighted by Gasteiger charge is 2.23. The van der Waals surface area contributed by atoms with Crippen LogP contribution in [0, 0.1) is 6.92 Å². The lowest BCUT2D eigenvalue weighted by molar-refractivity contribution is -0.137. The number of carbonyl (C=O) groups is 1. The number of rotatable bonds is 6. The Labute approximate surface area is 112 Å². The number of sulfonamides is 1. The van der Waals surface area contributed by atoms with Gasteiger partial charge in [-0.2, -0.15) is 4.31 Å². The molecule has 1 N–H and O–H groups in total. The maximum Gasteiger partial charge on any atom is 0.318 e. The second kappa shape index (κ2) is 6.03. The zero-order valence-electron chi connectivity index (χ0n) is 11.1. The molecule has 0 aliphatic carbocycles. The Morgan fingerprint density at radius 3 is 2.53 bits per heavy atom. The molecule has 6 nitrogen and oxygen atoms in total. The molecule has 0 unspecified atom stereocenters. The molecule has 1 rings (SSSR count). The first kappa shape index (κ1) is 15.5. The molecule has 0 fully saturated rings. The van der Waals surface area contributed by atoms with E-state index in [-0.39, 0.29) is 4.90 Å². The lowest BCUT2D eigenvalue weighted by atomic mass is 10.2. The molecule has 0 saturated heterocycles. The third-order valence-corrected chi connectivity index (χ3v) is 4.31. The predicted molar refractivity (Wildman–Crippen MR) is 69.8 cm³/mol. The molecule has 1 aromatic carbocycles. The van der Waals surface area contributed by atoms with Gasteiger partial charge in [-0.15, -0.1) is 0 Å². The van der Waals surface area contributed by atoms with Crippen LogP contribution in [0.3, 0.4) is 0 Å². The zero-order chi connectivity index (χ0) is 14.6. The summed E-state index contributed by atoms with van der Waals surface area (Å²) in [5.74, 6) is -0.587. The normalized spacial score (nSPS) is 11.6. The van der Waals surface area contributed by atoms with Crippen LogP contribution in [0.4, 0.5) is 0 Å². The van der Waals surface area contributed by atoms with Crippen LogP contribution in [0.2, 0.25) is 0 Å². The Morgan fingerprint density at radius 2 is 2.05 bits per heavy atom. The molecule has 0 amide bonds. The number of hydrogen-bond donors (Lipinski definition) is 1. The highest BCUT2D eigenvalue weighted by Crippen LogP contribution is 2.23. The van der Waals surface area contributed by atoms with Crippen molar-refractivity contribution in [1.29, 1.82) is 0 Å². The van der Waals surface area contributed by atoms with E-state index in [1.165, 1.54) is 19.2 Å². The number of ether oxygens (including phenoxy) is 1. The van der Waals surface area contributed by atoms with Gasteiger partial charge in [-0.1, -0.05) is 0 Å². The monoisotopic (exact) mass is 287 g/mol. The molecule has 19 heavy (non-hydrogen) atoms. The Kier molecular flexibility index (Phi) is 4.90. The van der Waals surface area contributed by atoms with E-state index in [9.17, 15) is 13.2 Å². The summed E-state index contributed by atoms with van der Waals surface area (Å²) in [6.45, 7) is 3.49. The van der Waals surface area contributed by atoms with E-state index in [0.29, 0.717) is 17.9 Å². The number of likely N-dealkylation sites (N-methyl/N-ethyl adjacent to an activating group) is 1. The third-order valence-electron chi connectivity index (χ3n) is 2.51. The van der Waals surface area contributed by atoms with Crippen molar-refractivity contribution in [3.8, 4) is 5.75 Å². The molecule has 7 heteroatoms. The molecule has 0 spiro atoms. The summed E-state index contributed by atoms with van der Waals surface area (Å²) < 4.78 is 30.3. The molecular weight excluding hydrogens is 270 g/mol. The Bertz CT molecular complexity index is 567. The van der Waals surface area contributed by atoms with Crippen LogP contribution in [0.5, 0.6) is 5.75 Å². The average molecular weight is 287 g/mol. The molecule has 0 saturated carbocycles. The first-order valence-electron chi connectivity index (χ1n) is 5.70. The van der Waals surface area contributed by atoms with Gasteiger partial charge in [0, 0.05) is 7.05 Å². The smallest absolute Gasteiger partial charge is 0.318 e. The Morgan fingerprint density at radius 1 is 1.42 bits per heavy atom. The summed E-state index contributed by atoms with van der Waals surface area (Å²) in [4.78, 5) is 10.6. The van der Waals surface area contributed by atoms with E-state index >= 15 is 0 Å². The van der Waals surface area contributed by atoms with Gasteiger partial charge in [0.1, 0.15) is 12.3 Å². The minimum absolute atomic E-state index is 0.0530. The fraction of sp³-hybridized carbons (Fsp3) is 0.417. The topological polar surface area (TPSA) is 83.9 Å². The van der Waals surface area contributed by atoms with Gasteiger partial charge >= 0.3 is 5.97 Å². The SMILES string of the molecule is CCOc1ccc(S(=O)(=O)N(C)CC(=O)O)cc1C. The maximum absolute atomic E-state index is 12.1. The minimum atomic E-state index is -3.79. The van der Waals surface area contributed by atoms with Gasteiger partial charge in [-0.25, -0.2) is 8.42 Å². The van der Waals surface area contributed by atoms with Gasteiger partial charge in [0.25, 0.3) is 0 Å². The van der Waals surface area contributed by atoms with Crippen molar-refractivity contribution in [3.63, 3.8) is 0 Å². The van der Waals surface area contributed by atoms with Gasteiger partial charge < -0.3 is 9.84 Å². The molecule has 1 aromatic rings. The van der Waals surface area contributed by atoms with E-state index in [1.807, 2.05) is 6.92 Å². The second-order valence-corrected chi connectivity index (χ2v) is 6.06.